The van der Waals surface area contributed by atoms with E-state index in [4.69, 9.17) is 5.11 Å². The molecule has 4 heteroatoms. The van der Waals surface area contributed by atoms with Crippen molar-refractivity contribution in [3.05, 3.63) is 0 Å². The van der Waals surface area contributed by atoms with Gasteiger partial charge >= 0.3 is 5.97 Å². The number of aliphatic carboxylic acids is 1. The molecule has 0 aromatic carbocycles. The van der Waals surface area contributed by atoms with E-state index in [0.29, 0.717) is 13.0 Å². The van der Waals surface area contributed by atoms with Gasteiger partial charge in [0.25, 0.3) is 0 Å². The molecule has 0 aromatic rings. The molecule has 0 radical (unpaired) electrons. The fraction of sp³-hybridized carbons (Fsp3) is 0.875. The molecule has 0 aromatic heterocycles. The van der Waals surface area contributed by atoms with Crippen LogP contribution in [0.4, 0.5) is 0 Å². The Kier molecular flexibility index (Phi) is 5.60. The predicted octanol–water partition coefficient (Wildman–Crippen LogP) is 3.21. The summed E-state index contributed by atoms with van der Waals surface area (Å²) in [4.78, 5) is 22.8. The van der Waals surface area contributed by atoms with Crippen molar-refractivity contribution in [3.63, 3.8) is 0 Å². The number of rotatable bonds is 7. The summed E-state index contributed by atoms with van der Waals surface area (Å²) in [7, 11) is 0. The highest BCUT2D eigenvalue weighted by atomic mass is 16.4. The number of hydrogen-bond acceptors (Lipinski definition) is 2. The molecule has 0 aliphatic heterocycles. The summed E-state index contributed by atoms with van der Waals surface area (Å²) in [6.07, 6.45) is 4.90. The van der Waals surface area contributed by atoms with Crippen molar-refractivity contribution in [3.8, 4) is 0 Å². The lowest BCUT2D eigenvalue weighted by Gasteiger charge is -2.27. The van der Waals surface area contributed by atoms with Crippen LogP contribution < -0.4 is 5.32 Å². The summed E-state index contributed by atoms with van der Waals surface area (Å²) in [5.41, 5.74) is 0.0692. The minimum absolute atomic E-state index is 0.0448. The van der Waals surface area contributed by atoms with Crippen LogP contribution in [-0.4, -0.2) is 23.5 Å². The molecule has 1 unspecified atom stereocenters. The van der Waals surface area contributed by atoms with E-state index in [0.717, 1.165) is 25.7 Å². The molecule has 0 heterocycles. The highest BCUT2D eigenvalue weighted by Crippen LogP contribution is 2.42. The zero-order chi connectivity index (χ0) is 15.4. The van der Waals surface area contributed by atoms with Gasteiger partial charge in [-0.3, -0.25) is 9.59 Å². The number of hydrogen-bond donors (Lipinski definition) is 2. The van der Waals surface area contributed by atoms with Crippen LogP contribution in [0, 0.1) is 16.7 Å². The Hall–Kier alpha value is -1.06. The van der Waals surface area contributed by atoms with Crippen molar-refractivity contribution in [2.45, 2.75) is 66.2 Å². The zero-order valence-corrected chi connectivity index (χ0v) is 13.3. The first-order valence-corrected chi connectivity index (χ1v) is 7.64. The van der Waals surface area contributed by atoms with Crippen LogP contribution in [0.5, 0.6) is 0 Å². The van der Waals surface area contributed by atoms with Crippen LogP contribution in [0.15, 0.2) is 0 Å². The number of nitrogens with one attached hydrogen (secondary N) is 1. The Morgan fingerprint density at radius 1 is 1.30 bits per heavy atom. The van der Waals surface area contributed by atoms with E-state index < -0.39 is 5.97 Å². The third-order valence-electron chi connectivity index (χ3n) is 4.69. The maximum atomic E-state index is 12.2. The first kappa shape index (κ1) is 17.0. The van der Waals surface area contributed by atoms with E-state index in [1.165, 1.54) is 0 Å². The summed E-state index contributed by atoms with van der Waals surface area (Å²) in [5, 5.41) is 11.8. The third kappa shape index (κ3) is 5.14. The molecule has 1 fully saturated rings. The third-order valence-corrected chi connectivity index (χ3v) is 4.69. The molecule has 1 rings (SSSR count). The van der Waals surface area contributed by atoms with Crippen molar-refractivity contribution in [1.82, 2.24) is 5.32 Å². The summed E-state index contributed by atoms with van der Waals surface area (Å²) in [6.45, 7) is 9.09. The Labute approximate surface area is 122 Å². The van der Waals surface area contributed by atoms with Crippen LogP contribution >= 0.6 is 0 Å². The minimum Gasteiger partial charge on any atom is -0.481 e. The van der Waals surface area contributed by atoms with Gasteiger partial charge in [-0.1, -0.05) is 34.1 Å². The minimum atomic E-state index is -0.755. The van der Waals surface area contributed by atoms with Gasteiger partial charge < -0.3 is 10.4 Å². The lowest BCUT2D eigenvalue weighted by Crippen LogP contribution is -2.37. The lowest BCUT2D eigenvalue weighted by atomic mass is 9.81. The second-order valence-electron chi connectivity index (χ2n) is 7.53. The Balaban J connectivity index is 2.33. The van der Waals surface area contributed by atoms with Crippen molar-refractivity contribution in [2.75, 3.05) is 6.54 Å². The molecule has 20 heavy (non-hydrogen) atoms. The molecule has 116 valence electrons. The molecule has 0 saturated heterocycles. The zero-order valence-electron chi connectivity index (χ0n) is 13.3. The molecule has 0 bridgehead atoms. The molecule has 1 aliphatic carbocycles. The van der Waals surface area contributed by atoms with Gasteiger partial charge in [0.2, 0.25) is 5.91 Å². The van der Waals surface area contributed by atoms with Gasteiger partial charge in [-0.15, -0.1) is 0 Å². The quantitative estimate of drug-likeness (QED) is 0.754. The molecular formula is C16H29NO3. The van der Waals surface area contributed by atoms with E-state index in [9.17, 15) is 9.59 Å². The van der Waals surface area contributed by atoms with E-state index in [1.54, 1.807) is 0 Å². The van der Waals surface area contributed by atoms with Crippen molar-refractivity contribution in [2.24, 2.45) is 16.7 Å². The lowest BCUT2D eigenvalue weighted by molar-refractivity contribution is -0.137. The second kappa shape index (κ2) is 6.59. The van der Waals surface area contributed by atoms with Gasteiger partial charge in [-0.25, -0.2) is 0 Å². The first-order chi connectivity index (χ1) is 9.14. The van der Waals surface area contributed by atoms with Crippen LogP contribution in [0.2, 0.25) is 0 Å². The average molecular weight is 283 g/mol. The van der Waals surface area contributed by atoms with E-state index in [2.05, 4.69) is 33.0 Å². The summed E-state index contributed by atoms with van der Waals surface area (Å²) >= 11 is 0. The first-order valence-electron chi connectivity index (χ1n) is 7.64. The summed E-state index contributed by atoms with van der Waals surface area (Å²) in [5.74, 6) is -0.457. The van der Waals surface area contributed by atoms with Gasteiger partial charge in [-0.2, -0.15) is 0 Å². The van der Waals surface area contributed by atoms with Crippen LogP contribution in [0.3, 0.4) is 0 Å². The van der Waals surface area contributed by atoms with Gasteiger partial charge in [0.15, 0.2) is 0 Å². The van der Waals surface area contributed by atoms with Gasteiger partial charge in [0.05, 0.1) is 0 Å². The Bertz CT molecular complexity index is 361. The van der Waals surface area contributed by atoms with Crippen LogP contribution in [0.1, 0.15) is 66.2 Å². The number of carboxylic acids is 1. The molecule has 1 atom stereocenters. The highest BCUT2D eigenvalue weighted by molar-refractivity contribution is 5.79. The fourth-order valence-electron chi connectivity index (χ4n) is 3.03. The number of carbonyl (C=O) groups excluding carboxylic acids is 1. The molecule has 2 N–H and O–H groups in total. The maximum absolute atomic E-state index is 12.2. The van der Waals surface area contributed by atoms with Crippen molar-refractivity contribution < 1.29 is 14.7 Å². The van der Waals surface area contributed by atoms with Gasteiger partial charge in [0, 0.05) is 18.9 Å². The molecule has 0 spiro atoms. The number of amides is 1. The predicted molar refractivity (Wildman–Crippen MR) is 79.4 cm³/mol. The maximum Gasteiger partial charge on any atom is 0.303 e. The monoisotopic (exact) mass is 283 g/mol. The van der Waals surface area contributed by atoms with Crippen LogP contribution in [0.25, 0.3) is 0 Å². The van der Waals surface area contributed by atoms with Gasteiger partial charge in [0.1, 0.15) is 0 Å². The Morgan fingerprint density at radius 3 is 2.45 bits per heavy atom. The molecule has 1 amide bonds. The largest absolute Gasteiger partial charge is 0.481 e. The summed E-state index contributed by atoms with van der Waals surface area (Å²) < 4.78 is 0. The Morgan fingerprint density at radius 2 is 1.95 bits per heavy atom. The highest BCUT2D eigenvalue weighted by Gasteiger charge is 2.39. The topological polar surface area (TPSA) is 66.4 Å². The van der Waals surface area contributed by atoms with Gasteiger partial charge in [-0.05, 0) is 36.5 Å². The smallest absolute Gasteiger partial charge is 0.303 e. The molecule has 1 aliphatic rings. The average Bonchev–Trinajstić information content (AvgIpc) is 2.66. The fourth-order valence-corrected chi connectivity index (χ4v) is 3.03. The normalized spacial score (nSPS) is 21.7. The van der Waals surface area contributed by atoms with E-state index >= 15 is 0 Å². The van der Waals surface area contributed by atoms with Crippen LogP contribution in [-0.2, 0) is 9.59 Å². The van der Waals surface area contributed by atoms with Crippen molar-refractivity contribution >= 4 is 11.9 Å². The van der Waals surface area contributed by atoms with E-state index in [-0.39, 0.29) is 29.1 Å². The molecule has 1 saturated carbocycles. The summed E-state index contributed by atoms with van der Waals surface area (Å²) in [6, 6.07) is 0. The number of carboxylic acid groups (broad SMARTS) is 1. The standard InChI is InChI=1S/C16H29NO3/c1-15(2,9-7-13(18)19)10-11-17-14(20)12-6-5-8-16(12,3)4/h12H,5-11H2,1-4H3,(H,17,20)(H,18,19). The molecule has 4 nitrogen and oxygen atoms in total. The molecular weight excluding hydrogens is 254 g/mol. The van der Waals surface area contributed by atoms with Crippen molar-refractivity contribution in [1.29, 1.82) is 0 Å². The SMILES string of the molecule is CC(C)(CCNC(=O)C1CCCC1(C)C)CCC(=O)O. The van der Waals surface area contributed by atoms with E-state index in [1.807, 2.05) is 0 Å². The second-order valence-corrected chi connectivity index (χ2v) is 7.53. The number of carbonyl (C=O) groups is 2.